The lowest BCUT2D eigenvalue weighted by atomic mass is 10.2. The molecule has 1 rings (SSSR count). The highest BCUT2D eigenvalue weighted by Crippen LogP contribution is 2.16. The van der Waals surface area contributed by atoms with Crippen molar-refractivity contribution < 1.29 is 14.6 Å². The number of carbonyl (C=O) groups is 1. The number of ether oxygens (including phenoxy) is 1. The molecule has 2 atom stereocenters. The van der Waals surface area contributed by atoms with Gasteiger partial charge in [-0.2, -0.15) is 0 Å². The smallest absolute Gasteiger partial charge is 0.325 e. The minimum Gasteiger partial charge on any atom is -0.468 e. The zero-order valence-corrected chi connectivity index (χ0v) is 9.49. The molecule has 0 saturated carbocycles. The molecule has 2 unspecified atom stereocenters. The molecule has 14 heavy (non-hydrogen) atoms. The summed E-state index contributed by atoms with van der Waals surface area (Å²) >= 11 is 0. The van der Waals surface area contributed by atoms with Crippen LogP contribution in [0.3, 0.4) is 0 Å². The largest absolute Gasteiger partial charge is 0.468 e. The number of likely N-dealkylation sites (tertiary alicyclic amines) is 1. The van der Waals surface area contributed by atoms with E-state index in [9.17, 15) is 9.90 Å². The van der Waals surface area contributed by atoms with Crippen molar-refractivity contribution in [1.29, 1.82) is 0 Å². The highest BCUT2D eigenvalue weighted by atomic mass is 16.5. The van der Waals surface area contributed by atoms with Crippen molar-refractivity contribution in [2.24, 2.45) is 0 Å². The Bertz CT molecular complexity index is 163. The molecule has 1 N–H and O–H groups in total. The Morgan fingerprint density at radius 2 is 2.07 bits per heavy atom. The molecule has 0 aromatic rings. The van der Waals surface area contributed by atoms with Gasteiger partial charge in [-0.05, 0) is 13.5 Å². The first kappa shape index (κ1) is 13.4. The van der Waals surface area contributed by atoms with E-state index in [-0.39, 0.29) is 5.97 Å². The molecule has 0 aromatic heterocycles. The van der Waals surface area contributed by atoms with Crippen LogP contribution in [-0.2, 0) is 9.53 Å². The van der Waals surface area contributed by atoms with E-state index < -0.39 is 12.1 Å². The Morgan fingerprint density at radius 1 is 1.57 bits per heavy atom. The molecule has 0 aliphatic carbocycles. The van der Waals surface area contributed by atoms with Crippen LogP contribution in [0, 0.1) is 0 Å². The zero-order valence-electron chi connectivity index (χ0n) is 9.49. The van der Waals surface area contributed by atoms with E-state index in [0.717, 1.165) is 6.54 Å². The van der Waals surface area contributed by atoms with E-state index in [1.807, 2.05) is 0 Å². The third-order valence-electron chi connectivity index (χ3n) is 2.06. The normalized spacial score (nSPS) is 26.6. The van der Waals surface area contributed by atoms with Gasteiger partial charge in [-0.1, -0.05) is 20.3 Å². The fourth-order valence-corrected chi connectivity index (χ4v) is 1.38. The second kappa shape index (κ2) is 6.79. The van der Waals surface area contributed by atoms with Gasteiger partial charge in [-0.15, -0.1) is 0 Å². The van der Waals surface area contributed by atoms with Gasteiger partial charge < -0.3 is 9.84 Å². The van der Waals surface area contributed by atoms with E-state index in [1.54, 1.807) is 11.9 Å². The Labute approximate surface area is 85.9 Å². The Kier molecular flexibility index (Phi) is 6.49. The first-order valence-electron chi connectivity index (χ1n) is 5.04. The standard InChI is InChI=1S/C7H13NO3.C3H8/c1-8-4-3-5(9)6(8)7(10)11-2;1-3-2/h5-6,9H,3-4H2,1-2H3;3H2,1-2H3. The highest BCUT2D eigenvalue weighted by Gasteiger charge is 2.36. The molecular weight excluding hydrogens is 182 g/mol. The van der Waals surface area contributed by atoms with Gasteiger partial charge in [0.05, 0.1) is 13.2 Å². The number of likely N-dealkylation sites (N-methyl/N-ethyl adjacent to an activating group) is 1. The maximum Gasteiger partial charge on any atom is 0.325 e. The molecule has 1 aliphatic heterocycles. The lowest BCUT2D eigenvalue weighted by Gasteiger charge is -2.18. The van der Waals surface area contributed by atoms with Crippen LogP contribution in [-0.4, -0.2) is 48.8 Å². The Balaban J connectivity index is 0.000000500. The molecule has 0 amide bonds. The van der Waals surface area contributed by atoms with E-state index in [0.29, 0.717) is 6.42 Å². The number of hydrogen-bond donors (Lipinski definition) is 1. The summed E-state index contributed by atoms with van der Waals surface area (Å²) in [5, 5.41) is 9.32. The van der Waals surface area contributed by atoms with Crippen molar-refractivity contribution in [2.45, 2.75) is 38.8 Å². The molecule has 1 heterocycles. The predicted molar refractivity (Wildman–Crippen MR) is 55.0 cm³/mol. The van der Waals surface area contributed by atoms with Crippen molar-refractivity contribution >= 4 is 5.97 Å². The molecule has 0 spiro atoms. The zero-order chi connectivity index (χ0) is 11.1. The van der Waals surface area contributed by atoms with Crippen LogP contribution in [0.5, 0.6) is 0 Å². The maximum atomic E-state index is 11.0. The van der Waals surface area contributed by atoms with E-state index in [4.69, 9.17) is 0 Å². The summed E-state index contributed by atoms with van der Waals surface area (Å²) in [6, 6.07) is -0.458. The first-order chi connectivity index (χ1) is 6.58. The summed E-state index contributed by atoms with van der Waals surface area (Å²) in [6.45, 7) is 5.00. The van der Waals surface area contributed by atoms with Crippen molar-refractivity contribution in [3.05, 3.63) is 0 Å². The van der Waals surface area contributed by atoms with Crippen LogP contribution in [0.4, 0.5) is 0 Å². The number of methoxy groups -OCH3 is 1. The fourth-order valence-electron chi connectivity index (χ4n) is 1.38. The van der Waals surface area contributed by atoms with Gasteiger partial charge in [0, 0.05) is 6.54 Å². The van der Waals surface area contributed by atoms with Crippen LogP contribution in [0.2, 0.25) is 0 Å². The van der Waals surface area contributed by atoms with Gasteiger partial charge in [0.15, 0.2) is 0 Å². The molecule has 4 heteroatoms. The van der Waals surface area contributed by atoms with Gasteiger partial charge >= 0.3 is 5.97 Å². The second-order valence-electron chi connectivity index (χ2n) is 3.51. The first-order valence-corrected chi connectivity index (χ1v) is 5.04. The van der Waals surface area contributed by atoms with Gasteiger partial charge in [0.25, 0.3) is 0 Å². The number of carbonyl (C=O) groups excluding carboxylic acids is 1. The van der Waals surface area contributed by atoms with Gasteiger partial charge in [-0.25, -0.2) is 0 Å². The monoisotopic (exact) mass is 203 g/mol. The molecule has 1 saturated heterocycles. The SMILES string of the molecule is CCC.COC(=O)C1C(O)CCN1C. The van der Waals surface area contributed by atoms with Gasteiger partial charge in [0.2, 0.25) is 0 Å². The number of aliphatic hydroxyl groups is 1. The molecule has 0 aromatic carbocycles. The minimum absolute atomic E-state index is 0.350. The van der Waals surface area contributed by atoms with Crippen LogP contribution >= 0.6 is 0 Å². The van der Waals surface area contributed by atoms with Crippen LogP contribution in [0.1, 0.15) is 26.7 Å². The third kappa shape index (κ3) is 3.64. The summed E-state index contributed by atoms with van der Waals surface area (Å²) in [4.78, 5) is 12.8. The van der Waals surface area contributed by atoms with Crippen molar-refractivity contribution in [3.63, 3.8) is 0 Å². The molecule has 84 valence electrons. The number of aliphatic hydroxyl groups excluding tert-OH is 1. The van der Waals surface area contributed by atoms with Crippen LogP contribution in [0.15, 0.2) is 0 Å². The summed E-state index contributed by atoms with van der Waals surface area (Å²) in [7, 11) is 3.14. The fraction of sp³-hybridized carbons (Fsp3) is 0.900. The Hall–Kier alpha value is -0.610. The van der Waals surface area contributed by atoms with Crippen molar-refractivity contribution in [2.75, 3.05) is 20.7 Å². The predicted octanol–water partition coefficient (Wildman–Crippen LogP) is 0.641. The van der Waals surface area contributed by atoms with Crippen LogP contribution in [0.25, 0.3) is 0 Å². The maximum absolute atomic E-state index is 11.0. The highest BCUT2D eigenvalue weighted by molar-refractivity contribution is 5.76. The van der Waals surface area contributed by atoms with E-state index in [1.165, 1.54) is 13.5 Å². The number of rotatable bonds is 1. The molecule has 1 fully saturated rings. The molecule has 1 aliphatic rings. The Morgan fingerprint density at radius 3 is 2.36 bits per heavy atom. The van der Waals surface area contributed by atoms with Crippen molar-refractivity contribution in [3.8, 4) is 0 Å². The molecule has 0 radical (unpaired) electrons. The molecule has 4 nitrogen and oxygen atoms in total. The lowest BCUT2D eigenvalue weighted by molar-refractivity contribution is -0.148. The minimum atomic E-state index is -0.563. The lowest BCUT2D eigenvalue weighted by Crippen LogP contribution is -2.40. The molecule has 0 bridgehead atoms. The summed E-state index contributed by atoms with van der Waals surface area (Å²) in [5.74, 6) is -0.350. The number of esters is 1. The number of nitrogens with zero attached hydrogens (tertiary/aromatic N) is 1. The topological polar surface area (TPSA) is 49.8 Å². The second-order valence-corrected chi connectivity index (χ2v) is 3.51. The van der Waals surface area contributed by atoms with E-state index in [2.05, 4.69) is 18.6 Å². The third-order valence-corrected chi connectivity index (χ3v) is 2.06. The van der Waals surface area contributed by atoms with E-state index >= 15 is 0 Å². The summed E-state index contributed by atoms with van der Waals surface area (Å²) < 4.78 is 4.53. The van der Waals surface area contributed by atoms with Crippen molar-refractivity contribution in [1.82, 2.24) is 4.90 Å². The average molecular weight is 203 g/mol. The summed E-state index contributed by atoms with van der Waals surface area (Å²) in [5.41, 5.74) is 0. The summed E-state index contributed by atoms with van der Waals surface area (Å²) in [6.07, 6.45) is 1.34. The average Bonchev–Trinajstić information content (AvgIpc) is 2.47. The quantitative estimate of drug-likeness (QED) is 0.635. The molecular formula is C10H21NO3. The number of hydrogen-bond acceptors (Lipinski definition) is 4. The van der Waals surface area contributed by atoms with Gasteiger partial charge in [0.1, 0.15) is 6.04 Å². The van der Waals surface area contributed by atoms with Gasteiger partial charge in [-0.3, -0.25) is 9.69 Å². The van der Waals surface area contributed by atoms with Crippen LogP contribution < -0.4 is 0 Å².